The summed E-state index contributed by atoms with van der Waals surface area (Å²) in [4.78, 5) is 31.5. The Kier molecular flexibility index (Phi) is 10.5. The minimum atomic E-state index is -1.26. The van der Waals surface area contributed by atoms with Crippen molar-refractivity contribution in [1.29, 1.82) is 0 Å². The normalized spacial score (nSPS) is 11.6. The van der Waals surface area contributed by atoms with Gasteiger partial charge in [-0.2, -0.15) is 0 Å². The van der Waals surface area contributed by atoms with Crippen LogP contribution >= 0.6 is 0 Å². The van der Waals surface area contributed by atoms with E-state index >= 15 is 0 Å². The van der Waals surface area contributed by atoms with Gasteiger partial charge < -0.3 is 29.8 Å². The zero-order valence-corrected chi connectivity index (χ0v) is 18.6. The predicted octanol–water partition coefficient (Wildman–Crippen LogP) is 2.91. The number of aliphatic hydroxyl groups excluding tert-OH is 1. The van der Waals surface area contributed by atoms with E-state index in [1.54, 1.807) is 18.2 Å². The fraction of sp³-hybridized carbons (Fsp3) is 0.240. The van der Waals surface area contributed by atoms with Gasteiger partial charge in [0.25, 0.3) is 0 Å². The molecule has 1 unspecified atom stereocenters. The van der Waals surface area contributed by atoms with Crippen molar-refractivity contribution in [1.82, 2.24) is 5.32 Å². The molecule has 0 saturated heterocycles. The zero-order chi connectivity index (χ0) is 24.9. The van der Waals surface area contributed by atoms with Crippen LogP contribution in [0.2, 0.25) is 0 Å². The van der Waals surface area contributed by atoms with Crippen LogP contribution in [0, 0.1) is 0 Å². The number of aliphatic hydroxyl groups is 1. The lowest BCUT2D eigenvalue weighted by atomic mass is 10.1. The second kappa shape index (κ2) is 13.6. The average molecular weight is 469 g/mol. The van der Waals surface area contributed by atoms with E-state index in [0.29, 0.717) is 41.2 Å². The molecule has 0 aliphatic heterocycles. The van der Waals surface area contributed by atoms with Gasteiger partial charge in [0.1, 0.15) is 29.8 Å². The largest absolute Gasteiger partial charge is 0.491 e. The third-order valence-electron chi connectivity index (χ3n) is 4.38. The number of hydrogen-bond acceptors (Lipinski definition) is 7. The van der Waals surface area contributed by atoms with Gasteiger partial charge in [0, 0.05) is 36.4 Å². The third kappa shape index (κ3) is 8.89. The summed E-state index contributed by atoms with van der Waals surface area (Å²) < 4.78 is 11.5. The number of carbonyl (C=O) groups is 2. The Hall–Kier alpha value is -3.95. The highest BCUT2D eigenvalue weighted by Gasteiger charge is 2.09. The van der Waals surface area contributed by atoms with Gasteiger partial charge in [0.2, 0.25) is 0 Å². The molecule has 0 fully saturated rings. The van der Waals surface area contributed by atoms with Gasteiger partial charge in [-0.25, -0.2) is 9.59 Å². The third-order valence-corrected chi connectivity index (χ3v) is 4.38. The van der Waals surface area contributed by atoms with Crippen LogP contribution in [0.1, 0.15) is 13.3 Å². The molecule has 0 spiro atoms. The maximum Gasteiger partial charge on any atom is 0.328 e. The van der Waals surface area contributed by atoms with Gasteiger partial charge in [0.05, 0.1) is 5.39 Å². The summed E-state index contributed by atoms with van der Waals surface area (Å²) in [5, 5.41) is 29.2. The molecule has 9 heteroatoms. The van der Waals surface area contributed by atoms with Crippen LogP contribution in [-0.2, 0) is 9.59 Å². The van der Waals surface area contributed by atoms with Gasteiger partial charge in [-0.3, -0.25) is 4.79 Å². The lowest BCUT2D eigenvalue weighted by Gasteiger charge is -2.13. The fourth-order valence-electron chi connectivity index (χ4n) is 2.81. The van der Waals surface area contributed by atoms with Crippen molar-refractivity contribution >= 4 is 22.9 Å². The van der Waals surface area contributed by atoms with Crippen LogP contribution in [0.4, 0.5) is 0 Å². The number of carboxylic acid groups (broad SMARTS) is 2. The standard InChI is InChI=1S/C21H23NO4.C4H4O4/c1-2-10-22-13-16(23)14-25-17-8-9-18-19(24)12-20(26-21(18)11-17)15-6-4-3-5-7-15;5-3(6)1-2-4(7)8/h3-9,11-12,16,22-23H,2,10,13-14H2,1H3;1-2H,(H,5,6)(H,7,8). The Balaban J connectivity index is 0.000000440. The minimum absolute atomic E-state index is 0.0968. The lowest BCUT2D eigenvalue weighted by Crippen LogP contribution is -2.31. The van der Waals surface area contributed by atoms with Crippen LogP contribution < -0.4 is 15.5 Å². The van der Waals surface area contributed by atoms with Gasteiger partial charge in [-0.15, -0.1) is 0 Å². The molecule has 9 nitrogen and oxygen atoms in total. The van der Waals surface area contributed by atoms with Crippen molar-refractivity contribution in [2.24, 2.45) is 0 Å². The van der Waals surface area contributed by atoms with E-state index in [1.165, 1.54) is 6.07 Å². The van der Waals surface area contributed by atoms with Crippen LogP contribution in [0.5, 0.6) is 5.75 Å². The minimum Gasteiger partial charge on any atom is -0.491 e. The zero-order valence-electron chi connectivity index (χ0n) is 18.6. The molecule has 0 bridgehead atoms. The number of benzene rings is 2. The fourth-order valence-corrected chi connectivity index (χ4v) is 2.81. The second-order valence-electron chi connectivity index (χ2n) is 7.18. The quantitative estimate of drug-likeness (QED) is 0.260. The number of carboxylic acids is 2. The number of aliphatic carboxylic acids is 2. The summed E-state index contributed by atoms with van der Waals surface area (Å²) in [5.74, 6) is -1.44. The smallest absolute Gasteiger partial charge is 0.328 e. The summed E-state index contributed by atoms with van der Waals surface area (Å²) in [6.45, 7) is 3.59. The Morgan fingerprint density at radius 3 is 2.35 bits per heavy atom. The first-order valence-electron chi connectivity index (χ1n) is 10.6. The van der Waals surface area contributed by atoms with E-state index in [1.807, 2.05) is 30.3 Å². The number of rotatable bonds is 10. The summed E-state index contributed by atoms with van der Waals surface area (Å²) in [5.41, 5.74) is 1.21. The number of ether oxygens (including phenoxy) is 1. The molecular weight excluding hydrogens is 442 g/mol. The van der Waals surface area contributed by atoms with Crippen LogP contribution in [-0.4, -0.2) is 53.1 Å². The molecule has 0 saturated carbocycles. The molecule has 1 aromatic heterocycles. The molecule has 0 radical (unpaired) electrons. The molecular formula is C25H27NO8. The molecule has 3 aromatic rings. The number of hydrogen-bond donors (Lipinski definition) is 4. The molecule has 1 heterocycles. The van der Waals surface area contributed by atoms with Crippen molar-refractivity contribution in [3.8, 4) is 17.1 Å². The van der Waals surface area contributed by atoms with E-state index < -0.39 is 18.0 Å². The first-order valence-corrected chi connectivity index (χ1v) is 10.6. The number of nitrogens with one attached hydrogen (secondary N) is 1. The van der Waals surface area contributed by atoms with Gasteiger partial charge in [-0.05, 0) is 25.1 Å². The van der Waals surface area contributed by atoms with Crippen LogP contribution in [0.15, 0.2) is 76.0 Å². The van der Waals surface area contributed by atoms with Crippen LogP contribution in [0.25, 0.3) is 22.3 Å². The monoisotopic (exact) mass is 469 g/mol. The highest BCUT2D eigenvalue weighted by atomic mass is 16.5. The maximum absolute atomic E-state index is 12.3. The summed E-state index contributed by atoms with van der Waals surface area (Å²) in [6, 6.07) is 16.1. The Labute approximate surface area is 195 Å². The highest BCUT2D eigenvalue weighted by molar-refractivity contribution is 5.89. The number of fused-ring (bicyclic) bond motifs is 1. The highest BCUT2D eigenvalue weighted by Crippen LogP contribution is 2.24. The van der Waals surface area contributed by atoms with E-state index in [9.17, 15) is 19.5 Å². The van der Waals surface area contributed by atoms with Crippen LogP contribution in [0.3, 0.4) is 0 Å². The summed E-state index contributed by atoms with van der Waals surface area (Å²) >= 11 is 0. The molecule has 180 valence electrons. The molecule has 4 N–H and O–H groups in total. The Bertz CT molecular complexity index is 1150. The molecule has 34 heavy (non-hydrogen) atoms. The van der Waals surface area contributed by atoms with Crippen molar-refractivity contribution in [2.75, 3.05) is 19.7 Å². The first-order chi connectivity index (χ1) is 16.3. The van der Waals surface area contributed by atoms with Crippen molar-refractivity contribution in [2.45, 2.75) is 19.4 Å². The SMILES string of the molecule is CCCNCC(O)COc1ccc2c(=O)cc(-c3ccccc3)oc2c1.O=C(O)C=CC(=O)O. The summed E-state index contributed by atoms with van der Waals surface area (Å²) in [7, 11) is 0. The van der Waals surface area contributed by atoms with E-state index in [4.69, 9.17) is 19.4 Å². The Morgan fingerprint density at radius 1 is 1.06 bits per heavy atom. The van der Waals surface area contributed by atoms with E-state index in [0.717, 1.165) is 18.5 Å². The van der Waals surface area contributed by atoms with Crippen molar-refractivity contribution in [3.05, 3.63) is 77.0 Å². The Morgan fingerprint density at radius 2 is 1.74 bits per heavy atom. The molecule has 2 aromatic carbocycles. The summed E-state index contributed by atoms with van der Waals surface area (Å²) in [6.07, 6.45) is 1.53. The van der Waals surface area contributed by atoms with E-state index in [-0.39, 0.29) is 12.0 Å². The first kappa shape index (κ1) is 26.3. The predicted molar refractivity (Wildman–Crippen MR) is 127 cm³/mol. The lowest BCUT2D eigenvalue weighted by molar-refractivity contribution is -0.134. The average Bonchev–Trinajstić information content (AvgIpc) is 2.82. The maximum atomic E-state index is 12.3. The molecule has 1 atom stereocenters. The van der Waals surface area contributed by atoms with Gasteiger partial charge in [0.15, 0.2) is 5.43 Å². The van der Waals surface area contributed by atoms with Gasteiger partial charge in [-0.1, -0.05) is 37.3 Å². The van der Waals surface area contributed by atoms with Gasteiger partial charge >= 0.3 is 11.9 Å². The molecule has 0 amide bonds. The molecule has 0 aliphatic rings. The van der Waals surface area contributed by atoms with Crippen molar-refractivity contribution < 1.29 is 34.1 Å². The molecule has 3 rings (SSSR count). The van der Waals surface area contributed by atoms with E-state index in [2.05, 4.69) is 12.2 Å². The van der Waals surface area contributed by atoms with Crippen molar-refractivity contribution in [3.63, 3.8) is 0 Å². The second-order valence-corrected chi connectivity index (χ2v) is 7.18. The topological polar surface area (TPSA) is 146 Å². The molecule has 0 aliphatic carbocycles.